The molecule has 2 aromatic rings. The lowest BCUT2D eigenvalue weighted by Crippen LogP contribution is -2.40. The Labute approximate surface area is 135 Å². The van der Waals surface area contributed by atoms with Crippen molar-refractivity contribution in [2.24, 2.45) is 5.41 Å². The van der Waals surface area contributed by atoms with Crippen LogP contribution in [0.1, 0.15) is 44.4 Å². The van der Waals surface area contributed by atoms with Crippen LogP contribution in [0.2, 0.25) is 5.28 Å². The largest absolute Gasteiger partial charge is 0.356 e. The van der Waals surface area contributed by atoms with E-state index in [0.29, 0.717) is 10.7 Å². The van der Waals surface area contributed by atoms with Crippen molar-refractivity contribution in [1.82, 2.24) is 9.97 Å². The maximum Gasteiger partial charge on any atom is 0.225 e. The summed E-state index contributed by atoms with van der Waals surface area (Å²) in [4.78, 5) is 13.5. The first-order valence-corrected chi connectivity index (χ1v) is 8.95. The zero-order valence-corrected chi connectivity index (χ0v) is 14.5. The Balaban J connectivity index is 1.92. The lowest BCUT2D eigenvalue weighted by Gasteiger charge is -2.41. The second kappa shape index (κ2) is 5.73. The van der Waals surface area contributed by atoms with Gasteiger partial charge in [-0.3, -0.25) is 0 Å². The molecule has 0 spiro atoms. The topological polar surface area (TPSA) is 29.0 Å². The molecule has 5 heteroatoms. The Bertz CT molecular complexity index is 638. The van der Waals surface area contributed by atoms with Crippen molar-refractivity contribution in [3.8, 4) is 0 Å². The standard InChI is InChI=1S/C16H22ClN3S/c1-4-16(5-2)6-8-20(9-7-16)13-12-10-11(3)21-14(12)19-15(17)18-13/h10H,4-9H2,1-3H3. The predicted octanol–water partition coefficient (Wildman–Crippen LogP) is 5.06. The number of hydrogen-bond donors (Lipinski definition) is 0. The summed E-state index contributed by atoms with van der Waals surface area (Å²) in [6.07, 6.45) is 5.03. The lowest BCUT2D eigenvalue weighted by atomic mass is 9.74. The van der Waals surface area contributed by atoms with Crippen LogP contribution in [0.15, 0.2) is 6.07 Å². The molecule has 0 N–H and O–H groups in total. The van der Waals surface area contributed by atoms with E-state index in [-0.39, 0.29) is 0 Å². The van der Waals surface area contributed by atoms with Crippen molar-refractivity contribution in [1.29, 1.82) is 0 Å². The molecule has 0 saturated carbocycles. The lowest BCUT2D eigenvalue weighted by molar-refractivity contribution is 0.199. The zero-order chi connectivity index (χ0) is 15.0. The van der Waals surface area contributed by atoms with Gasteiger partial charge in [-0.15, -0.1) is 11.3 Å². The first-order chi connectivity index (χ1) is 10.1. The maximum absolute atomic E-state index is 6.12. The molecule has 2 aromatic heterocycles. The van der Waals surface area contributed by atoms with Crippen molar-refractivity contribution in [2.75, 3.05) is 18.0 Å². The van der Waals surface area contributed by atoms with Crippen molar-refractivity contribution in [3.05, 3.63) is 16.2 Å². The summed E-state index contributed by atoms with van der Waals surface area (Å²) in [6.45, 7) is 8.89. The van der Waals surface area contributed by atoms with Crippen LogP contribution in [0, 0.1) is 12.3 Å². The summed E-state index contributed by atoms with van der Waals surface area (Å²) in [5.74, 6) is 1.02. The molecule has 0 bridgehead atoms. The van der Waals surface area contributed by atoms with Crippen molar-refractivity contribution in [3.63, 3.8) is 0 Å². The van der Waals surface area contributed by atoms with Crippen LogP contribution in [-0.2, 0) is 0 Å². The molecular formula is C16H22ClN3S. The van der Waals surface area contributed by atoms with E-state index < -0.39 is 0 Å². The van der Waals surface area contributed by atoms with Gasteiger partial charge in [0.1, 0.15) is 10.6 Å². The molecule has 3 heterocycles. The minimum Gasteiger partial charge on any atom is -0.356 e. The normalized spacial score (nSPS) is 18.4. The Hall–Kier alpha value is -0.870. The number of piperidine rings is 1. The highest BCUT2D eigenvalue weighted by Gasteiger charge is 2.32. The minimum absolute atomic E-state index is 0.363. The highest BCUT2D eigenvalue weighted by molar-refractivity contribution is 7.18. The van der Waals surface area contributed by atoms with Crippen molar-refractivity contribution < 1.29 is 0 Å². The molecule has 21 heavy (non-hydrogen) atoms. The number of anilines is 1. The average Bonchev–Trinajstić information content (AvgIpc) is 2.86. The zero-order valence-electron chi connectivity index (χ0n) is 12.9. The van der Waals surface area contributed by atoms with Gasteiger partial charge in [0, 0.05) is 18.0 Å². The molecule has 0 unspecified atom stereocenters. The van der Waals surface area contributed by atoms with E-state index in [2.05, 4.69) is 41.7 Å². The van der Waals surface area contributed by atoms with Gasteiger partial charge in [0.05, 0.1) is 5.39 Å². The Morgan fingerprint density at radius 1 is 1.24 bits per heavy atom. The van der Waals surface area contributed by atoms with Crippen LogP contribution in [0.3, 0.4) is 0 Å². The molecular weight excluding hydrogens is 302 g/mol. The molecule has 0 atom stereocenters. The van der Waals surface area contributed by atoms with Gasteiger partial charge < -0.3 is 4.90 Å². The first-order valence-electron chi connectivity index (χ1n) is 7.75. The van der Waals surface area contributed by atoms with E-state index in [1.54, 1.807) is 11.3 Å². The highest BCUT2D eigenvalue weighted by Crippen LogP contribution is 2.40. The number of halogens is 1. The number of aromatic nitrogens is 2. The van der Waals surface area contributed by atoms with E-state index >= 15 is 0 Å². The van der Waals surface area contributed by atoms with Gasteiger partial charge in [-0.2, -0.15) is 4.98 Å². The first kappa shape index (κ1) is 15.0. The summed E-state index contributed by atoms with van der Waals surface area (Å²) in [7, 11) is 0. The average molecular weight is 324 g/mol. The van der Waals surface area contributed by atoms with E-state index in [1.165, 1.54) is 30.6 Å². The summed E-state index contributed by atoms with van der Waals surface area (Å²) in [6, 6.07) is 2.19. The van der Waals surface area contributed by atoms with E-state index in [9.17, 15) is 0 Å². The number of fused-ring (bicyclic) bond motifs is 1. The Morgan fingerprint density at radius 2 is 1.90 bits per heavy atom. The van der Waals surface area contributed by atoms with Crippen LogP contribution in [0.4, 0.5) is 5.82 Å². The van der Waals surface area contributed by atoms with Crippen molar-refractivity contribution in [2.45, 2.75) is 46.5 Å². The number of thiophene rings is 1. The molecule has 1 aliphatic heterocycles. The van der Waals surface area contributed by atoms with Gasteiger partial charge in [-0.1, -0.05) is 26.7 Å². The van der Waals surface area contributed by atoms with Gasteiger partial charge >= 0.3 is 0 Å². The van der Waals surface area contributed by atoms with Crippen LogP contribution < -0.4 is 4.90 Å². The third kappa shape index (κ3) is 2.76. The SMILES string of the molecule is CCC1(CC)CCN(c2nc(Cl)nc3sc(C)cc23)CC1. The molecule has 3 rings (SSSR count). The van der Waals surface area contributed by atoms with E-state index in [1.807, 2.05) is 0 Å². The third-order valence-corrected chi connectivity index (χ3v) is 6.21. The summed E-state index contributed by atoms with van der Waals surface area (Å²) < 4.78 is 0. The number of nitrogens with zero attached hydrogens (tertiary/aromatic N) is 3. The van der Waals surface area contributed by atoms with Crippen LogP contribution in [0.5, 0.6) is 0 Å². The fraction of sp³-hybridized carbons (Fsp3) is 0.625. The molecule has 3 nitrogen and oxygen atoms in total. The maximum atomic E-state index is 6.12. The number of rotatable bonds is 3. The van der Waals surface area contributed by atoms with Gasteiger partial charge in [0.15, 0.2) is 0 Å². The molecule has 0 amide bonds. The fourth-order valence-electron chi connectivity index (χ4n) is 3.39. The molecule has 1 fully saturated rings. The monoisotopic (exact) mass is 323 g/mol. The smallest absolute Gasteiger partial charge is 0.225 e. The van der Waals surface area contributed by atoms with Crippen molar-refractivity contribution >= 4 is 39.0 Å². The molecule has 1 saturated heterocycles. The second-order valence-corrected chi connectivity index (χ2v) is 7.66. The van der Waals surface area contributed by atoms with Crippen LogP contribution >= 0.6 is 22.9 Å². The predicted molar refractivity (Wildman–Crippen MR) is 91.6 cm³/mol. The Morgan fingerprint density at radius 3 is 2.52 bits per heavy atom. The molecule has 0 aliphatic carbocycles. The van der Waals surface area contributed by atoms with E-state index in [0.717, 1.165) is 29.1 Å². The molecule has 1 aliphatic rings. The van der Waals surface area contributed by atoms with Crippen LogP contribution in [0.25, 0.3) is 10.2 Å². The number of hydrogen-bond acceptors (Lipinski definition) is 4. The summed E-state index contributed by atoms with van der Waals surface area (Å²) in [5, 5.41) is 1.52. The van der Waals surface area contributed by atoms with Gasteiger partial charge in [-0.05, 0) is 42.8 Å². The van der Waals surface area contributed by atoms with Gasteiger partial charge in [-0.25, -0.2) is 4.98 Å². The third-order valence-electron chi connectivity index (χ3n) is 5.09. The molecule has 0 aromatic carbocycles. The Kier molecular flexibility index (Phi) is 4.10. The minimum atomic E-state index is 0.363. The quantitative estimate of drug-likeness (QED) is 0.739. The van der Waals surface area contributed by atoms with E-state index in [4.69, 9.17) is 11.6 Å². The van der Waals surface area contributed by atoms with Gasteiger partial charge in [0.2, 0.25) is 5.28 Å². The highest BCUT2D eigenvalue weighted by atomic mass is 35.5. The number of aryl methyl sites for hydroxylation is 1. The summed E-state index contributed by atoms with van der Waals surface area (Å²) >= 11 is 7.81. The van der Waals surface area contributed by atoms with Gasteiger partial charge in [0.25, 0.3) is 0 Å². The van der Waals surface area contributed by atoms with Crippen LogP contribution in [-0.4, -0.2) is 23.1 Å². The second-order valence-electron chi connectivity index (χ2n) is 6.09. The molecule has 114 valence electrons. The summed E-state index contributed by atoms with van der Waals surface area (Å²) in [5.41, 5.74) is 0.525. The molecule has 0 radical (unpaired) electrons. The fourth-order valence-corrected chi connectivity index (χ4v) is 4.48.